The van der Waals surface area contributed by atoms with Gasteiger partial charge in [-0.25, -0.2) is 0 Å². The van der Waals surface area contributed by atoms with Crippen molar-refractivity contribution >= 4 is 29.9 Å². The number of halogens is 1. The zero-order valence-electron chi connectivity index (χ0n) is 13.8. The SMILES string of the molecule is CCNC(=NCC(C)C)NCC(CCO)CC(C)C.I. The van der Waals surface area contributed by atoms with Crippen LogP contribution in [0.15, 0.2) is 4.99 Å². The van der Waals surface area contributed by atoms with Gasteiger partial charge in [0, 0.05) is 26.2 Å². The third-order valence-corrected chi connectivity index (χ3v) is 2.86. The number of rotatable bonds is 9. The van der Waals surface area contributed by atoms with E-state index in [1.165, 1.54) is 0 Å². The van der Waals surface area contributed by atoms with Crippen molar-refractivity contribution in [1.29, 1.82) is 0 Å². The van der Waals surface area contributed by atoms with Crippen molar-refractivity contribution < 1.29 is 5.11 Å². The predicted octanol–water partition coefficient (Wildman–Crippen LogP) is 2.86. The third kappa shape index (κ3) is 13.0. The van der Waals surface area contributed by atoms with Gasteiger partial charge in [-0.3, -0.25) is 4.99 Å². The Labute approximate surface area is 142 Å². The maximum atomic E-state index is 9.12. The Hall–Kier alpha value is -0.0400. The molecule has 0 saturated carbocycles. The van der Waals surface area contributed by atoms with E-state index in [1.807, 2.05) is 0 Å². The monoisotopic (exact) mass is 399 g/mol. The molecule has 4 nitrogen and oxygen atoms in total. The summed E-state index contributed by atoms with van der Waals surface area (Å²) in [5, 5.41) is 15.8. The molecule has 0 heterocycles. The quantitative estimate of drug-likeness (QED) is 0.318. The lowest BCUT2D eigenvalue weighted by atomic mass is 9.94. The van der Waals surface area contributed by atoms with Crippen LogP contribution in [0.2, 0.25) is 0 Å². The van der Waals surface area contributed by atoms with E-state index in [1.54, 1.807) is 0 Å². The summed E-state index contributed by atoms with van der Waals surface area (Å²) in [5.74, 6) is 2.63. The lowest BCUT2D eigenvalue weighted by Gasteiger charge is -2.20. The maximum absolute atomic E-state index is 9.12. The molecule has 0 aliphatic carbocycles. The number of guanidine groups is 1. The summed E-state index contributed by atoms with van der Waals surface area (Å²) in [4.78, 5) is 4.56. The predicted molar refractivity (Wildman–Crippen MR) is 98.9 cm³/mol. The molecule has 0 aromatic heterocycles. The van der Waals surface area contributed by atoms with Gasteiger partial charge in [0.2, 0.25) is 0 Å². The van der Waals surface area contributed by atoms with Gasteiger partial charge in [0.05, 0.1) is 0 Å². The van der Waals surface area contributed by atoms with Crippen molar-refractivity contribution in [2.24, 2.45) is 22.7 Å². The molecule has 122 valence electrons. The van der Waals surface area contributed by atoms with Crippen LogP contribution in [0.1, 0.15) is 47.5 Å². The van der Waals surface area contributed by atoms with Crippen LogP contribution in [0.3, 0.4) is 0 Å². The summed E-state index contributed by atoms with van der Waals surface area (Å²) in [7, 11) is 0. The van der Waals surface area contributed by atoms with E-state index in [0.717, 1.165) is 38.4 Å². The van der Waals surface area contributed by atoms with E-state index in [2.05, 4.69) is 50.2 Å². The average Bonchev–Trinajstić information content (AvgIpc) is 2.32. The van der Waals surface area contributed by atoms with Crippen molar-refractivity contribution in [1.82, 2.24) is 10.6 Å². The number of nitrogens with zero attached hydrogens (tertiary/aromatic N) is 1. The molecular formula is C15H34IN3O. The average molecular weight is 399 g/mol. The minimum Gasteiger partial charge on any atom is -0.396 e. The summed E-state index contributed by atoms with van der Waals surface area (Å²) in [6.45, 7) is 13.7. The molecule has 0 spiro atoms. The molecule has 20 heavy (non-hydrogen) atoms. The van der Waals surface area contributed by atoms with E-state index in [0.29, 0.717) is 17.8 Å². The molecule has 0 fully saturated rings. The second-order valence-electron chi connectivity index (χ2n) is 6.00. The molecule has 3 N–H and O–H groups in total. The summed E-state index contributed by atoms with van der Waals surface area (Å²) >= 11 is 0. The number of aliphatic hydroxyl groups is 1. The molecule has 0 amide bonds. The maximum Gasteiger partial charge on any atom is 0.191 e. The number of hydrogen-bond acceptors (Lipinski definition) is 2. The van der Waals surface area contributed by atoms with Crippen molar-refractivity contribution in [2.45, 2.75) is 47.5 Å². The van der Waals surface area contributed by atoms with Gasteiger partial charge in [-0.1, -0.05) is 27.7 Å². The first-order valence-corrected chi connectivity index (χ1v) is 7.62. The zero-order valence-corrected chi connectivity index (χ0v) is 16.1. The number of aliphatic imine (C=N–C) groups is 1. The Morgan fingerprint density at radius 2 is 1.75 bits per heavy atom. The highest BCUT2D eigenvalue weighted by molar-refractivity contribution is 14.0. The fourth-order valence-corrected chi connectivity index (χ4v) is 2.01. The molecule has 5 heteroatoms. The first-order valence-electron chi connectivity index (χ1n) is 7.62. The van der Waals surface area contributed by atoms with Crippen LogP contribution in [0.25, 0.3) is 0 Å². The Bertz CT molecular complexity index is 245. The lowest BCUT2D eigenvalue weighted by Crippen LogP contribution is -2.40. The molecule has 0 aromatic carbocycles. The molecule has 0 aromatic rings. The van der Waals surface area contributed by atoms with Crippen LogP contribution in [0, 0.1) is 17.8 Å². The first kappa shape index (κ1) is 22.2. The Morgan fingerprint density at radius 1 is 1.10 bits per heavy atom. The fraction of sp³-hybridized carbons (Fsp3) is 0.933. The molecule has 0 rings (SSSR count). The minimum atomic E-state index is 0. The van der Waals surface area contributed by atoms with Crippen LogP contribution in [-0.2, 0) is 0 Å². The standard InChI is InChI=1S/C15H33N3O.HI/c1-6-16-15(17-10-13(4)5)18-11-14(7-8-19)9-12(2)3;/h12-14,19H,6-11H2,1-5H3,(H2,16,17,18);1H. The van der Waals surface area contributed by atoms with Crippen molar-refractivity contribution in [3.63, 3.8) is 0 Å². The van der Waals surface area contributed by atoms with Gasteiger partial charge in [0.15, 0.2) is 5.96 Å². The van der Waals surface area contributed by atoms with Gasteiger partial charge in [-0.05, 0) is 37.5 Å². The van der Waals surface area contributed by atoms with Gasteiger partial charge in [0.1, 0.15) is 0 Å². The van der Waals surface area contributed by atoms with Crippen molar-refractivity contribution in [3.05, 3.63) is 0 Å². The van der Waals surface area contributed by atoms with Gasteiger partial charge >= 0.3 is 0 Å². The molecule has 0 saturated heterocycles. The minimum absolute atomic E-state index is 0. The van der Waals surface area contributed by atoms with Crippen LogP contribution >= 0.6 is 24.0 Å². The normalized spacial score (nSPS) is 13.3. The van der Waals surface area contributed by atoms with Gasteiger partial charge < -0.3 is 15.7 Å². The highest BCUT2D eigenvalue weighted by Crippen LogP contribution is 2.14. The summed E-state index contributed by atoms with van der Waals surface area (Å²) in [6, 6.07) is 0. The van der Waals surface area contributed by atoms with Crippen molar-refractivity contribution in [2.75, 3.05) is 26.2 Å². The van der Waals surface area contributed by atoms with Crippen molar-refractivity contribution in [3.8, 4) is 0 Å². The topological polar surface area (TPSA) is 56.7 Å². The van der Waals surface area contributed by atoms with E-state index in [4.69, 9.17) is 5.11 Å². The molecule has 0 aliphatic rings. The summed E-state index contributed by atoms with van der Waals surface area (Å²) in [5.41, 5.74) is 0. The van der Waals surface area contributed by atoms with Crippen LogP contribution in [-0.4, -0.2) is 37.3 Å². The molecule has 0 radical (unpaired) electrons. The number of nitrogens with one attached hydrogen (secondary N) is 2. The zero-order chi connectivity index (χ0) is 14.7. The lowest BCUT2D eigenvalue weighted by molar-refractivity contribution is 0.243. The van der Waals surface area contributed by atoms with Crippen LogP contribution in [0.5, 0.6) is 0 Å². The summed E-state index contributed by atoms with van der Waals surface area (Å²) in [6.07, 6.45) is 1.99. The number of aliphatic hydroxyl groups excluding tert-OH is 1. The van der Waals surface area contributed by atoms with E-state index >= 15 is 0 Å². The first-order chi connectivity index (χ1) is 8.99. The largest absolute Gasteiger partial charge is 0.396 e. The number of hydrogen-bond donors (Lipinski definition) is 3. The molecule has 1 unspecified atom stereocenters. The Morgan fingerprint density at radius 3 is 2.20 bits per heavy atom. The highest BCUT2D eigenvalue weighted by atomic mass is 127. The molecule has 1 atom stereocenters. The second-order valence-corrected chi connectivity index (χ2v) is 6.00. The van der Waals surface area contributed by atoms with Gasteiger partial charge in [-0.15, -0.1) is 24.0 Å². The van der Waals surface area contributed by atoms with Crippen LogP contribution < -0.4 is 10.6 Å². The van der Waals surface area contributed by atoms with E-state index in [9.17, 15) is 0 Å². The third-order valence-electron chi connectivity index (χ3n) is 2.86. The molecule has 0 aliphatic heterocycles. The highest BCUT2D eigenvalue weighted by Gasteiger charge is 2.11. The molecule has 0 bridgehead atoms. The molecular weight excluding hydrogens is 365 g/mol. The van der Waals surface area contributed by atoms with Crippen LogP contribution in [0.4, 0.5) is 0 Å². The fourth-order valence-electron chi connectivity index (χ4n) is 2.01. The second kappa shape index (κ2) is 13.9. The van der Waals surface area contributed by atoms with Gasteiger partial charge in [-0.2, -0.15) is 0 Å². The van der Waals surface area contributed by atoms with E-state index < -0.39 is 0 Å². The smallest absolute Gasteiger partial charge is 0.191 e. The Kier molecular flexibility index (Phi) is 15.5. The van der Waals surface area contributed by atoms with Gasteiger partial charge in [0.25, 0.3) is 0 Å². The Balaban J connectivity index is 0. The van der Waals surface area contributed by atoms with E-state index in [-0.39, 0.29) is 30.6 Å². The summed E-state index contributed by atoms with van der Waals surface area (Å²) < 4.78 is 0.